The van der Waals surface area contributed by atoms with Crippen molar-refractivity contribution in [2.24, 2.45) is 11.1 Å². The zero-order chi connectivity index (χ0) is 14.8. The number of rotatable bonds is 3. The van der Waals surface area contributed by atoms with Gasteiger partial charge in [-0.25, -0.2) is 0 Å². The second-order valence-corrected chi connectivity index (χ2v) is 6.14. The highest BCUT2D eigenvalue weighted by Gasteiger charge is 2.23. The van der Waals surface area contributed by atoms with Crippen molar-refractivity contribution < 1.29 is 4.79 Å². The minimum Gasteiger partial charge on any atom is -0.327 e. The van der Waals surface area contributed by atoms with Crippen LogP contribution in [0, 0.1) is 5.41 Å². The summed E-state index contributed by atoms with van der Waals surface area (Å²) >= 11 is 0. The number of anilines is 1. The third-order valence-corrected chi connectivity index (χ3v) is 3.39. The average Bonchev–Trinajstić information content (AvgIpc) is 2.37. The molecule has 3 N–H and O–H groups in total. The minimum atomic E-state index is -0.170. The van der Waals surface area contributed by atoms with E-state index in [1.54, 1.807) is 6.20 Å². The van der Waals surface area contributed by atoms with Crippen LogP contribution in [0.1, 0.15) is 27.2 Å². The fraction of sp³-hybridized carbons (Fsp3) is 0.375. The molecule has 1 aromatic carbocycles. The number of nitrogens with one attached hydrogen (secondary N) is 1. The number of carbonyl (C=O) groups is 1. The highest BCUT2D eigenvalue weighted by Crippen LogP contribution is 2.21. The Morgan fingerprint density at radius 1 is 1.35 bits per heavy atom. The minimum absolute atomic E-state index is 0.0792. The molecule has 0 aliphatic rings. The second kappa shape index (κ2) is 5.59. The number of para-hydroxylation sites is 1. The van der Waals surface area contributed by atoms with E-state index in [1.165, 1.54) is 0 Å². The van der Waals surface area contributed by atoms with Gasteiger partial charge >= 0.3 is 0 Å². The van der Waals surface area contributed by atoms with Gasteiger partial charge in [0, 0.05) is 17.8 Å². The van der Waals surface area contributed by atoms with E-state index in [0.717, 1.165) is 10.9 Å². The molecular formula is C16H21N3O. The predicted molar refractivity (Wildman–Crippen MR) is 82.4 cm³/mol. The molecule has 106 valence electrons. The van der Waals surface area contributed by atoms with Crippen molar-refractivity contribution >= 4 is 22.5 Å². The van der Waals surface area contributed by atoms with Crippen LogP contribution in [0.15, 0.2) is 36.5 Å². The first-order chi connectivity index (χ1) is 9.36. The maximum Gasteiger partial charge on any atom is 0.225 e. The number of hydrogen-bond donors (Lipinski definition) is 2. The number of carbonyl (C=O) groups excluding carboxylic acids is 1. The van der Waals surface area contributed by atoms with Crippen LogP contribution in [0.3, 0.4) is 0 Å². The Bertz CT molecular complexity index is 616. The van der Waals surface area contributed by atoms with E-state index in [9.17, 15) is 4.79 Å². The summed E-state index contributed by atoms with van der Waals surface area (Å²) in [4.78, 5) is 16.3. The lowest BCUT2D eigenvalue weighted by atomic mass is 9.85. The van der Waals surface area contributed by atoms with Gasteiger partial charge in [0.05, 0.1) is 17.4 Å². The molecule has 2 aromatic rings. The van der Waals surface area contributed by atoms with E-state index in [1.807, 2.05) is 51.1 Å². The Morgan fingerprint density at radius 2 is 2.05 bits per heavy atom. The van der Waals surface area contributed by atoms with Crippen LogP contribution >= 0.6 is 0 Å². The van der Waals surface area contributed by atoms with Crippen LogP contribution in [0.2, 0.25) is 0 Å². The van der Waals surface area contributed by atoms with Crippen molar-refractivity contribution in [1.29, 1.82) is 0 Å². The summed E-state index contributed by atoms with van der Waals surface area (Å²) in [5, 5.41) is 3.86. The quantitative estimate of drug-likeness (QED) is 0.901. The van der Waals surface area contributed by atoms with Crippen molar-refractivity contribution in [3.05, 3.63) is 36.5 Å². The maximum absolute atomic E-state index is 12.0. The predicted octanol–water partition coefficient (Wildman–Crippen LogP) is 2.94. The largest absolute Gasteiger partial charge is 0.327 e. The summed E-state index contributed by atoms with van der Waals surface area (Å²) in [6.07, 6.45) is 1.97. The van der Waals surface area contributed by atoms with Gasteiger partial charge in [-0.2, -0.15) is 0 Å². The van der Waals surface area contributed by atoms with Crippen LogP contribution < -0.4 is 11.1 Å². The zero-order valence-corrected chi connectivity index (χ0v) is 12.2. The summed E-state index contributed by atoms with van der Waals surface area (Å²) in [5.74, 6) is -0.0792. The summed E-state index contributed by atoms with van der Waals surface area (Å²) in [7, 11) is 0. The van der Waals surface area contributed by atoms with Crippen LogP contribution in [0.4, 0.5) is 5.69 Å². The number of aromatic nitrogens is 1. The third-order valence-electron chi connectivity index (χ3n) is 3.39. The highest BCUT2D eigenvalue weighted by atomic mass is 16.1. The van der Waals surface area contributed by atoms with E-state index >= 15 is 0 Å². The first-order valence-electron chi connectivity index (χ1n) is 6.76. The lowest BCUT2D eigenvalue weighted by Crippen LogP contribution is -2.38. The van der Waals surface area contributed by atoms with Crippen molar-refractivity contribution in [3.8, 4) is 0 Å². The number of nitrogens with two attached hydrogens (primary N) is 1. The van der Waals surface area contributed by atoms with Crippen LogP contribution in [-0.4, -0.2) is 16.9 Å². The SMILES string of the molecule is CC(C)(C)C(N)CC(=O)Nc1cnc2ccccc2c1. The molecular weight excluding hydrogens is 250 g/mol. The molecule has 20 heavy (non-hydrogen) atoms. The summed E-state index contributed by atoms with van der Waals surface area (Å²) in [6, 6.07) is 9.55. The Kier molecular flexibility index (Phi) is 4.04. The van der Waals surface area contributed by atoms with Gasteiger partial charge in [0.15, 0.2) is 0 Å². The van der Waals surface area contributed by atoms with Gasteiger partial charge in [0.25, 0.3) is 0 Å². The van der Waals surface area contributed by atoms with Crippen molar-refractivity contribution in [3.63, 3.8) is 0 Å². The molecule has 0 aliphatic heterocycles. The standard InChI is InChI=1S/C16H21N3O/c1-16(2,3)14(17)9-15(20)19-12-8-11-6-4-5-7-13(11)18-10-12/h4-8,10,14H,9,17H2,1-3H3,(H,19,20). The monoisotopic (exact) mass is 271 g/mol. The van der Waals surface area contributed by atoms with Gasteiger partial charge in [-0.05, 0) is 17.5 Å². The molecule has 4 nitrogen and oxygen atoms in total. The van der Waals surface area contributed by atoms with Gasteiger partial charge in [-0.1, -0.05) is 39.0 Å². The number of nitrogens with zero attached hydrogens (tertiary/aromatic N) is 1. The van der Waals surface area contributed by atoms with Crippen LogP contribution in [0.5, 0.6) is 0 Å². The molecule has 0 radical (unpaired) electrons. The smallest absolute Gasteiger partial charge is 0.225 e. The van der Waals surface area contributed by atoms with E-state index < -0.39 is 0 Å². The fourth-order valence-electron chi connectivity index (χ4n) is 1.86. The average molecular weight is 271 g/mol. The molecule has 0 saturated heterocycles. The topological polar surface area (TPSA) is 68.0 Å². The van der Waals surface area contributed by atoms with Gasteiger partial charge in [-0.3, -0.25) is 9.78 Å². The summed E-state index contributed by atoms with van der Waals surface area (Å²) in [6.45, 7) is 6.09. The summed E-state index contributed by atoms with van der Waals surface area (Å²) < 4.78 is 0. The number of benzene rings is 1. The Balaban J connectivity index is 2.06. The number of pyridine rings is 1. The Labute approximate surface area is 119 Å². The fourth-order valence-corrected chi connectivity index (χ4v) is 1.86. The first kappa shape index (κ1) is 14.5. The zero-order valence-electron chi connectivity index (χ0n) is 12.2. The van der Waals surface area contributed by atoms with Crippen molar-refractivity contribution in [1.82, 2.24) is 4.98 Å². The van der Waals surface area contributed by atoms with Crippen LogP contribution in [0.25, 0.3) is 10.9 Å². The van der Waals surface area contributed by atoms with Gasteiger partial charge in [0.2, 0.25) is 5.91 Å². The molecule has 1 heterocycles. The Hall–Kier alpha value is -1.94. The van der Waals surface area contributed by atoms with Gasteiger partial charge in [-0.15, -0.1) is 0 Å². The molecule has 0 saturated carbocycles. The van der Waals surface area contributed by atoms with Crippen molar-refractivity contribution in [2.45, 2.75) is 33.2 Å². The van der Waals surface area contributed by atoms with E-state index in [0.29, 0.717) is 12.1 Å². The van der Waals surface area contributed by atoms with Crippen LogP contribution in [-0.2, 0) is 4.79 Å². The van der Waals surface area contributed by atoms with Crippen molar-refractivity contribution in [2.75, 3.05) is 5.32 Å². The number of hydrogen-bond acceptors (Lipinski definition) is 3. The third kappa shape index (κ3) is 3.54. The molecule has 1 unspecified atom stereocenters. The van der Waals surface area contributed by atoms with E-state index in [-0.39, 0.29) is 17.4 Å². The molecule has 2 rings (SSSR count). The molecule has 4 heteroatoms. The normalized spacial score (nSPS) is 13.2. The first-order valence-corrected chi connectivity index (χ1v) is 6.76. The molecule has 1 aromatic heterocycles. The molecule has 1 atom stereocenters. The second-order valence-electron chi connectivity index (χ2n) is 6.14. The molecule has 0 spiro atoms. The maximum atomic E-state index is 12.0. The highest BCUT2D eigenvalue weighted by molar-refractivity contribution is 5.93. The van der Waals surface area contributed by atoms with E-state index in [2.05, 4.69) is 10.3 Å². The Morgan fingerprint density at radius 3 is 2.75 bits per heavy atom. The molecule has 0 aliphatic carbocycles. The lowest BCUT2D eigenvalue weighted by molar-refractivity contribution is -0.117. The lowest BCUT2D eigenvalue weighted by Gasteiger charge is -2.26. The molecule has 0 fully saturated rings. The van der Waals surface area contributed by atoms with Gasteiger partial charge < -0.3 is 11.1 Å². The summed E-state index contributed by atoms with van der Waals surface area (Å²) in [5.41, 5.74) is 7.55. The van der Waals surface area contributed by atoms with E-state index in [4.69, 9.17) is 5.73 Å². The number of fused-ring (bicyclic) bond motifs is 1. The molecule has 0 bridgehead atoms. The van der Waals surface area contributed by atoms with Gasteiger partial charge in [0.1, 0.15) is 0 Å². The number of amides is 1. The molecule has 1 amide bonds.